The smallest absolute Gasteiger partial charge is 0.290 e. The van der Waals surface area contributed by atoms with Crippen LogP contribution in [-0.2, 0) is 9.59 Å². The fourth-order valence-corrected chi connectivity index (χ4v) is 2.53. The van der Waals surface area contributed by atoms with Crippen molar-refractivity contribution in [3.05, 3.63) is 47.0 Å². The molecule has 0 unspecified atom stereocenters. The van der Waals surface area contributed by atoms with Gasteiger partial charge in [-0.2, -0.15) is 0 Å². The number of halogens is 1. The third-order valence-corrected chi connectivity index (χ3v) is 3.33. The van der Waals surface area contributed by atoms with Crippen LogP contribution in [0.3, 0.4) is 0 Å². The number of carbonyl (C=O) groups is 2. The second-order valence-electron chi connectivity index (χ2n) is 5.21. The lowest BCUT2D eigenvalue weighted by Gasteiger charge is -2.28. The molecule has 5 nitrogen and oxygen atoms in total. The molecule has 21 heavy (non-hydrogen) atoms. The zero-order chi connectivity index (χ0) is 15.7. The number of benzene rings is 1. The van der Waals surface area contributed by atoms with E-state index < -0.39 is 29.3 Å². The molecule has 2 rings (SSSR count). The van der Waals surface area contributed by atoms with Gasteiger partial charge in [0.25, 0.3) is 5.91 Å². The lowest BCUT2D eigenvalue weighted by atomic mass is 9.96. The van der Waals surface area contributed by atoms with Gasteiger partial charge in [-0.1, -0.05) is 12.1 Å². The van der Waals surface area contributed by atoms with Crippen LogP contribution in [-0.4, -0.2) is 34.3 Å². The van der Waals surface area contributed by atoms with Crippen molar-refractivity contribution in [2.75, 3.05) is 6.54 Å². The van der Waals surface area contributed by atoms with E-state index >= 15 is 0 Å². The zero-order valence-electron chi connectivity index (χ0n) is 11.8. The van der Waals surface area contributed by atoms with Gasteiger partial charge in [0.05, 0.1) is 11.6 Å². The second-order valence-corrected chi connectivity index (χ2v) is 5.21. The molecule has 1 amide bonds. The summed E-state index contributed by atoms with van der Waals surface area (Å²) in [7, 11) is 0. The minimum absolute atomic E-state index is 0.0220. The largest absolute Gasteiger partial charge is 0.503 e. The number of Topliss-reactive ketones (excluding diaryl/α,β-unsaturated/α-hetero) is 1. The van der Waals surface area contributed by atoms with Crippen LogP contribution in [0.5, 0.6) is 0 Å². The number of aliphatic hydroxyl groups is 1. The zero-order valence-corrected chi connectivity index (χ0v) is 11.8. The number of aliphatic hydroxyl groups excluding tert-OH is 1. The number of hydrogen-bond donors (Lipinski definition) is 2. The predicted octanol–water partition coefficient (Wildman–Crippen LogP) is 1.46. The summed E-state index contributed by atoms with van der Waals surface area (Å²) in [5, 5.41) is 9.95. The first kappa shape index (κ1) is 15.2. The number of hydrogen-bond acceptors (Lipinski definition) is 4. The maximum absolute atomic E-state index is 13.4. The molecule has 1 aromatic rings. The average Bonchev–Trinajstić information content (AvgIpc) is 2.63. The van der Waals surface area contributed by atoms with Crippen molar-refractivity contribution in [1.82, 2.24) is 4.90 Å². The molecule has 0 aliphatic carbocycles. The summed E-state index contributed by atoms with van der Waals surface area (Å²) in [5.41, 5.74) is 6.13. The minimum Gasteiger partial charge on any atom is -0.503 e. The molecule has 1 aromatic carbocycles. The van der Waals surface area contributed by atoms with Gasteiger partial charge in [-0.25, -0.2) is 4.39 Å². The Balaban J connectivity index is 2.54. The highest BCUT2D eigenvalue weighted by Gasteiger charge is 2.42. The normalized spacial score (nSPS) is 20.1. The van der Waals surface area contributed by atoms with Crippen LogP contribution in [0.2, 0.25) is 0 Å². The van der Waals surface area contributed by atoms with Gasteiger partial charge >= 0.3 is 0 Å². The predicted molar refractivity (Wildman–Crippen MR) is 74.8 cm³/mol. The fraction of sp³-hybridized carbons (Fsp3) is 0.333. The van der Waals surface area contributed by atoms with Crippen LogP contribution in [0, 0.1) is 5.82 Å². The van der Waals surface area contributed by atoms with Gasteiger partial charge < -0.3 is 15.7 Å². The molecular weight excluding hydrogens is 275 g/mol. The van der Waals surface area contributed by atoms with Crippen molar-refractivity contribution in [2.45, 2.75) is 25.9 Å². The maximum atomic E-state index is 13.4. The summed E-state index contributed by atoms with van der Waals surface area (Å²) in [6, 6.07) is 4.46. The van der Waals surface area contributed by atoms with Crippen molar-refractivity contribution in [1.29, 1.82) is 0 Å². The van der Waals surface area contributed by atoms with Crippen LogP contribution in [0.4, 0.5) is 4.39 Å². The monoisotopic (exact) mass is 292 g/mol. The van der Waals surface area contributed by atoms with Crippen molar-refractivity contribution < 1.29 is 19.1 Å². The molecule has 0 saturated heterocycles. The number of rotatable bonds is 4. The van der Waals surface area contributed by atoms with Gasteiger partial charge in [0.1, 0.15) is 5.82 Å². The van der Waals surface area contributed by atoms with E-state index in [2.05, 4.69) is 0 Å². The fourth-order valence-electron chi connectivity index (χ4n) is 2.53. The molecule has 112 valence electrons. The Kier molecular flexibility index (Phi) is 4.09. The first-order chi connectivity index (χ1) is 9.82. The Morgan fingerprint density at radius 1 is 1.52 bits per heavy atom. The molecule has 1 aliphatic rings. The van der Waals surface area contributed by atoms with Crippen LogP contribution in [0.25, 0.3) is 0 Å². The summed E-state index contributed by atoms with van der Waals surface area (Å²) in [4.78, 5) is 25.2. The average molecular weight is 292 g/mol. The van der Waals surface area contributed by atoms with Crippen molar-refractivity contribution in [3.63, 3.8) is 0 Å². The highest BCUT2D eigenvalue weighted by molar-refractivity contribution is 6.08. The number of nitrogens with zero attached hydrogens (tertiary/aromatic N) is 1. The highest BCUT2D eigenvalue weighted by Crippen LogP contribution is 2.37. The lowest BCUT2D eigenvalue weighted by molar-refractivity contribution is -0.129. The van der Waals surface area contributed by atoms with E-state index in [0.29, 0.717) is 5.56 Å². The number of ketones is 1. The number of carbonyl (C=O) groups excluding carboxylic acids is 2. The molecule has 6 heteroatoms. The summed E-state index contributed by atoms with van der Waals surface area (Å²) in [6.45, 7) is 3.13. The van der Waals surface area contributed by atoms with Gasteiger partial charge in [0.15, 0.2) is 11.5 Å². The molecule has 0 aromatic heterocycles. The van der Waals surface area contributed by atoms with E-state index in [9.17, 15) is 19.1 Å². The third kappa shape index (κ3) is 2.80. The van der Waals surface area contributed by atoms with Crippen molar-refractivity contribution >= 4 is 11.7 Å². The minimum atomic E-state index is -0.809. The van der Waals surface area contributed by atoms with E-state index in [1.54, 1.807) is 13.0 Å². The summed E-state index contributed by atoms with van der Waals surface area (Å²) >= 11 is 0. The maximum Gasteiger partial charge on any atom is 0.290 e. The summed E-state index contributed by atoms with van der Waals surface area (Å²) in [6.07, 6.45) is 0. The number of nitrogens with two attached hydrogens (primary N) is 1. The number of amides is 1. The molecule has 0 fully saturated rings. The van der Waals surface area contributed by atoms with Gasteiger partial charge in [-0.05, 0) is 31.5 Å². The Hall–Kier alpha value is -2.21. The molecule has 0 saturated carbocycles. The molecule has 0 radical (unpaired) electrons. The standard InChI is InChI=1S/C15H17FN2O3/c1-8(17)7-18-13(10-4-3-5-11(16)6-10)12(9(2)19)14(20)15(18)21/h3-6,8,13,20H,7,17H2,1-2H3/t8-,13-/m1/s1. The molecule has 0 spiro atoms. The van der Waals surface area contributed by atoms with Crippen LogP contribution >= 0.6 is 0 Å². The Labute approximate surface area is 121 Å². The van der Waals surface area contributed by atoms with Gasteiger partial charge in [0.2, 0.25) is 0 Å². The molecule has 2 atom stereocenters. The van der Waals surface area contributed by atoms with Crippen LogP contribution in [0.1, 0.15) is 25.5 Å². The summed E-state index contributed by atoms with van der Waals surface area (Å²) < 4.78 is 13.4. The van der Waals surface area contributed by atoms with E-state index in [4.69, 9.17) is 5.73 Å². The van der Waals surface area contributed by atoms with E-state index in [-0.39, 0.29) is 18.2 Å². The van der Waals surface area contributed by atoms with E-state index in [1.807, 2.05) is 0 Å². The molecule has 0 bridgehead atoms. The van der Waals surface area contributed by atoms with Gasteiger partial charge in [-0.3, -0.25) is 9.59 Å². The van der Waals surface area contributed by atoms with E-state index in [1.165, 1.54) is 30.0 Å². The molecule has 3 N–H and O–H groups in total. The molecular formula is C15H17FN2O3. The van der Waals surface area contributed by atoms with Gasteiger partial charge in [-0.15, -0.1) is 0 Å². The van der Waals surface area contributed by atoms with Crippen molar-refractivity contribution in [2.24, 2.45) is 5.73 Å². The molecule has 1 heterocycles. The topological polar surface area (TPSA) is 83.6 Å². The Bertz CT molecular complexity index is 625. The van der Waals surface area contributed by atoms with Gasteiger partial charge in [0, 0.05) is 12.6 Å². The summed E-state index contributed by atoms with van der Waals surface area (Å²) in [5.74, 6) is -2.15. The van der Waals surface area contributed by atoms with E-state index in [0.717, 1.165) is 0 Å². The first-order valence-electron chi connectivity index (χ1n) is 6.59. The quantitative estimate of drug-likeness (QED) is 0.880. The SMILES string of the molecule is CC(=O)C1=C(O)C(=O)N(C[C@@H](C)N)[C@@H]1c1cccc(F)c1. The van der Waals surface area contributed by atoms with Crippen LogP contribution in [0.15, 0.2) is 35.6 Å². The Morgan fingerprint density at radius 2 is 2.19 bits per heavy atom. The van der Waals surface area contributed by atoms with Crippen molar-refractivity contribution in [3.8, 4) is 0 Å². The Morgan fingerprint density at radius 3 is 2.71 bits per heavy atom. The van der Waals surface area contributed by atoms with Crippen LogP contribution < -0.4 is 5.73 Å². The second kappa shape index (κ2) is 5.65. The highest BCUT2D eigenvalue weighted by atomic mass is 19.1. The first-order valence-corrected chi connectivity index (χ1v) is 6.59. The lowest BCUT2D eigenvalue weighted by Crippen LogP contribution is -2.39. The molecule has 1 aliphatic heterocycles. The third-order valence-electron chi connectivity index (χ3n) is 3.33.